The molecule has 1 aromatic carbocycles. The molecule has 1 atom stereocenters. The molecule has 2 aliphatic rings. The summed E-state index contributed by atoms with van der Waals surface area (Å²) in [5, 5.41) is 3.15. The van der Waals surface area contributed by atoms with E-state index in [4.69, 9.17) is 0 Å². The number of thioether (sulfide) groups is 1. The number of amides is 1. The monoisotopic (exact) mass is 389 g/mol. The van der Waals surface area contributed by atoms with Gasteiger partial charge in [0.05, 0.1) is 5.92 Å². The molecule has 2 aliphatic heterocycles. The maximum atomic E-state index is 12.7. The first-order valence-corrected chi connectivity index (χ1v) is 11.9. The van der Waals surface area contributed by atoms with E-state index in [1.165, 1.54) is 56.8 Å². The van der Waals surface area contributed by atoms with Crippen molar-refractivity contribution in [2.24, 2.45) is 5.92 Å². The molecule has 2 heterocycles. The van der Waals surface area contributed by atoms with E-state index in [0.29, 0.717) is 12.6 Å². The molecule has 0 unspecified atom stereocenters. The van der Waals surface area contributed by atoms with Crippen LogP contribution in [0.15, 0.2) is 30.3 Å². The first kappa shape index (κ1) is 20.7. The first-order valence-electron chi connectivity index (χ1n) is 10.5. The van der Waals surface area contributed by atoms with Crippen LogP contribution in [0.1, 0.15) is 37.7 Å². The summed E-state index contributed by atoms with van der Waals surface area (Å²) < 4.78 is 0. The van der Waals surface area contributed by atoms with Crippen LogP contribution in [0.25, 0.3) is 0 Å². The number of likely N-dealkylation sites (tertiary alicyclic amines) is 2. The number of hydrogen-bond acceptors (Lipinski definition) is 4. The van der Waals surface area contributed by atoms with Crippen LogP contribution in [0.2, 0.25) is 0 Å². The van der Waals surface area contributed by atoms with Crippen molar-refractivity contribution in [1.82, 2.24) is 15.1 Å². The van der Waals surface area contributed by atoms with Crippen molar-refractivity contribution in [2.45, 2.75) is 44.7 Å². The third kappa shape index (κ3) is 6.51. The highest BCUT2D eigenvalue weighted by molar-refractivity contribution is 7.98. The number of carbonyl (C=O) groups excluding carboxylic acids is 1. The number of hydrogen-bond donors (Lipinski definition) is 1. The van der Waals surface area contributed by atoms with Crippen LogP contribution in [-0.4, -0.2) is 66.5 Å². The van der Waals surface area contributed by atoms with Gasteiger partial charge in [0.25, 0.3) is 0 Å². The van der Waals surface area contributed by atoms with Crippen LogP contribution in [0.5, 0.6) is 0 Å². The Morgan fingerprint density at radius 2 is 1.93 bits per heavy atom. The van der Waals surface area contributed by atoms with Crippen molar-refractivity contribution < 1.29 is 4.79 Å². The van der Waals surface area contributed by atoms with Gasteiger partial charge in [0.2, 0.25) is 5.91 Å². The first-order chi connectivity index (χ1) is 13.3. The van der Waals surface area contributed by atoms with Crippen molar-refractivity contribution in [3.8, 4) is 0 Å². The van der Waals surface area contributed by atoms with Gasteiger partial charge in [-0.05, 0) is 75.9 Å². The fraction of sp³-hybridized carbons (Fsp3) is 0.682. The lowest BCUT2D eigenvalue weighted by Gasteiger charge is -2.42. The topological polar surface area (TPSA) is 35.6 Å². The van der Waals surface area contributed by atoms with Crippen LogP contribution in [0.3, 0.4) is 0 Å². The largest absolute Gasteiger partial charge is 0.352 e. The molecule has 2 fully saturated rings. The fourth-order valence-electron chi connectivity index (χ4n) is 4.42. The Morgan fingerprint density at radius 1 is 1.15 bits per heavy atom. The Labute approximate surface area is 169 Å². The van der Waals surface area contributed by atoms with E-state index >= 15 is 0 Å². The summed E-state index contributed by atoms with van der Waals surface area (Å²) in [6, 6.07) is 10.9. The van der Waals surface area contributed by atoms with Gasteiger partial charge in [-0.25, -0.2) is 0 Å². The molecular weight excluding hydrogens is 354 g/mol. The molecule has 5 heteroatoms. The van der Waals surface area contributed by atoms with E-state index in [-0.39, 0.29) is 11.8 Å². The lowest BCUT2D eigenvalue weighted by atomic mass is 9.93. The van der Waals surface area contributed by atoms with Crippen LogP contribution in [0, 0.1) is 5.92 Å². The molecule has 0 radical (unpaired) electrons. The number of benzene rings is 1. The van der Waals surface area contributed by atoms with Gasteiger partial charge in [-0.1, -0.05) is 30.3 Å². The smallest absolute Gasteiger partial charge is 0.224 e. The lowest BCUT2D eigenvalue weighted by Crippen LogP contribution is -2.50. The minimum atomic E-state index is 0.155. The van der Waals surface area contributed by atoms with Crippen LogP contribution >= 0.6 is 11.8 Å². The highest BCUT2D eigenvalue weighted by Gasteiger charge is 2.31. The second-order valence-corrected chi connectivity index (χ2v) is 8.94. The van der Waals surface area contributed by atoms with Crippen molar-refractivity contribution in [3.05, 3.63) is 35.9 Å². The van der Waals surface area contributed by atoms with E-state index < -0.39 is 0 Å². The molecule has 4 nitrogen and oxygen atoms in total. The molecule has 2 saturated heterocycles. The molecule has 1 aromatic rings. The maximum Gasteiger partial charge on any atom is 0.224 e. The second-order valence-electron chi connectivity index (χ2n) is 7.96. The van der Waals surface area contributed by atoms with Gasteiger partial charge >= 0.3 is 0 Å². The highest BCUT2D eigenvalue weighted by Crippen LogP contribution is 2.24. The molecule has 3 rings (SSSR count). The molecule has 1 amide bonds. The zero-order valence-corrected chi connectivity index (χ0v) is 17.6. The highest BCUT2D eigenvalue weighted by atomic mass is 32.2. The summed E-state index contributed by atoms with van der Waals surface area (Å²) in [4.78, 5) is 17.9. The SMILES string of the molecule is CSCCCN1CCC(N2CCC[C@H](C(=O)NCc3ccccc3)C2)CC1. The summed E-state index contributed by atoms with van der Waals surface area (Å²) in [7, 11) is 0. The third-order valence-electron chi connectivity index (χ3n) is 6.03. The molecule has 0 aromatic heterocycles. The summed E-state index contributed by atoms with van der Waals surface area (Å²) >= 11 is 1.95. The van der Waals surface area contributed by atoms with Gasteiger partial charge in [-0.15, -0.1) is 0 Å². The molecule has 1 N–H and O–H groups in total. The normalized spacial score (nSPS) is 22.6. The molecular formula is C22H35N3OS. The van der Waals surface area contributed by atoms with Crippen LogP contribution in [-0.2, 0) is 11.3 Å². The van der Waals surface area contributed by atoms with E-state index in [2.05, 4.69) is 33.5 Å². The van der Waals surface area contributed by atoms with E-state index in [1.54, 1.807) is 0 Å². The van der Waals surface area contributed by atoms with Gasteiger partial charge < -0.3 is 10.2 Å². The summed E-state index contributed by atoms with van der Waals surface area (Å²) in [5.41, 5.74) is 1.17. The maximum absolute atomic E-state index is 12.7. The number of carbonyl (C=O) groups is 1. The van der Waals surface area contributed by atoms with Gasteiger partial charge in [0.1, 0.15) is 0 Å². The van der Waals surface area contributed by atoms with E-state index in [0.717, 1.165) is 19.4 Å². The third-order valence-corrected chi connectivity index (χ3v) is 6.73. The van der Waals surface area contributed by atoms with E-state index in [1.807, 2.05) is 30.0 Å². The minimum Gasteiger partial charge on any atom is -0.352 e. The number of nitrogens with zero attached hydrogens (tertiary/aromatic N) is 2. The summed E-state index contributed by atoms with van der Waals surface area (Å²) in [6.45, 7) is 6.45. The molecule has 0 saturated carbocycles. The molecule has 27 heavy (non-hydrogen) atoms. The Hall–Kier alpha value is -1.04. The fourth-order valence-corrected chi connectivity index (χ4v) is 4.84. The average molecular weight is 390 g/mol. The van der Waals surface area contributed by atoms with Crippen molar-refractivity contribution in [2.75, 3.05) is 44.7 Å². The molecule has 0 spiro atoms. The minimum absolute atomic E-state index is 0.155. The Morgan fingerprint density at radius 3 is 2.67 bits per heavy atom. The van der Waals surface area contributed by atoms with Crippen molar-refractivity contribution in [3.63, 3.8) is 0 Å². The Bertz CT molecular complexity index is 560. The van der Waals surface area contributed by atoms with E-state index in [9.17, 15) is 4.79 Å². The molecule has 150 valence electrons. The van der Waals surface area contributed by atoms with Gasteiger partial charge in [-0.2, -0.15) is 11.8 Å². The zero-order chi connectivity index (χ0) is 18.9. The van der Waals surface area contributed by atoms with Gasteiger partial charge in [-0.3, -0.25) is 9.69 Å². The van der Waals surface area contributed by atoms with Crippen LogP contribution < -0.4 is 5.32 Å². The predicted octanol–water partition coefficient (Wildman–Crippen LogP) is 3.23. The van der Waals surface area contributed by atoms with Crippen LogP contribution in [0.4, 0.5) is 0 Å². The standard InChI is InChI=1S/C22H35N3OS/c1-27-16-6-12-24-14-10-21(11-15-24)25-13-5-9-20(18-25)22(26)23-17-19-7-3-2-4-8-19/h2-4,7-8,20-21H,5-6,9-18H2,1H3,(H,23,26)/t20-/m0/s1. The van der Waals surface area contributed by atoms with Gasteiger partial charge in [0.15, 0.2) is 0 Å². The Balaban J connectivity index is 1.40. The quantitative estimate of drug-likeness (QED) is 0.693. The average Bonchev–Trinajstić information content (AvgIpc) is 2.73. The molecule has 0 bridgehead atoms. The predicted molar refractivity (Wildman–Crippen MR) is 115 cm³/mol. The second kappa shape index (κ2) is 11.1. The number of piperidine rings is 2. The van der Waals surface area contributed by atoms with Gasteiger partial charge in [0, 0.05) is 19.1 Å². The molecule has 0 aliphatic carbocycles. The lowest BCUT2D eigenvalue weighted by molar-refractivity contribution is -0.127. The summed E-state index contributed by atoms with van der Waals surface area (Å²) in [6.07, 6.45) is 8.20. The number of rotatable bonds is 8. The van der Waals surface area contributed by atoms with Crippen molar-refractivity contribution in [1.29, 1.82) is 0 Å². The summed E-state index contributed by atoms with van der Waals surface area (Å²) in [5.74, 6) is 1.66. The number of nitrogens with one attached hydrogen (secondary N) is 1. The Kier molecular flexibility index (Phi) is 8.49. The van der Waals surface area contributed by atoms with Crippen molar-refractivity contribution >= 4 is 17.7 Å². The zero-order valence-electron chi connectivity index (χ0n) is 16.7.